The van der Waals surface area contributed by atoms with Gasteiger partial charge in [0.05, 0.1) is 5.92 Å². The van der Waals surface area contributed by atoms with Crippen LogP contribution >= 0.6 is 0 Å². The first-order valence-electron chi connectivity index (χ1n) is 4.97. The molecular weight excluding hydrogens is 198 g/mol. The van der Waals surface area contributed by atoms with Crippen LogP contribution in [0.3, 0.4) is 0 Å². The number of ketones is 1. The molecule has 0 aliphatic heterocycles. The molecule has 1 unspecified atom stereocenters. The van der Waals surface area contributed by atoms with E-state index in [9.17, 15) is 13.6 Å². The molecule has 1 atom stereocenters. The minimum absolute atomic E-state index is 0.182. The first-order valence-corrected chi connectivity index (χ1v) is 4.97. The average molecular weight is 210 g/mol. The van der Waals surface area contributed by atoms with E-state index in [2.05, 4.69) is 0 Å². The third-order valence-electron chi connectivity index (χ3n) is 2.90. The SMILES string of the molecule is CC(C)C1c2ccccc2C(=O)C1(F)F. The van der Waals surface area contributed by atoms with Crippen LogP contribution in [-0.2, 0) is 0 Å². The van der Waals surface area contributed by atoms with Gasteiger partial charge in [-0.3, -0.25) is 4.79 Å². The zero-order valence-electron chi connectivity index (χ0n) is 8.63. The number of halogens is 2. The van der Waals surface area contributed by atoms with Crippen LogP contribution in [0.4, 0.5) is 8.78 Å². The van der Waals surface area contributed by atoms with Crippen molar-refractivity contribution in [2.24, 2.45) is 5.92 Å². The van der Waals surface area contributed by atoms with Crippen LogP contribution in [-0.4, -0.2) is 11.7 Å². The molecule has 0 N–H and O–H groups in total. The second kappa shape index (κ2) is 3.12. The fourth-order valence-corrected chi connectivity index (χ4v) is 2.27. The largest absolute Gasteiger partial charge is 0.316 e. The molecule has 3 heteroatoms. The van der Waals surface area contributed by atoms with Crippen molar-refractivity contribution in [2.75, 3.05) is 0 Å². The lowest BCUT2D eigenvalue weighted by atomic mass is 9.88. The molecule has 0 fully saturated rings. The fraction of sp³-hybridized carbons (Fsp3) is 0.417. The fourth-order valence-electron chi connectivity index (χ4n) is 2.27. The highest BCUT2D eigenvalue weighted by molar-refractivity contribution is 6.06. The van der Waals surface area contributed by atoms with Gasteiger partial charge >= 0.3 is 5.92 Å². The molecule has 1 aliphatic carbocycles. The van der Waals surface area contributed by atoms with Gasteiger partial charge in [-0.05, 0) is 11.5 Å². The normalized spacial score (nSPS) is 23.3. The van der Waals surface area contributed by atoms with Crippen molar-refractivity contribution in [1.29, 1.82) is 0 Å². The van der Waals surface area contributed by atoms with Crippen molar-refractivity contribution in [3.63, 3.8) is 0 Å². The van der Waals surface area contributed by atoms with Gasteiger partial charge < -0.3 is 0 Å². The topological polar surface area (TPSA) is 17.1 Å². The Kier molecular flexibility index (Phi) is 2.14. The van der Waals surface area contributed by atoms with Crippen molar-refractivity contribution in [3.8, 4) is 0 Å². The van der Waals surface area contributed by atoms with E-state index >= 15 is 0 Å². The van der Waals surface area contributed by atoms with Crippen LogP contribution in [0.25, 0.3) is 0 Å². The van der Waals surface area contributed by atoms with E-state index in [0.29, 0.717) is 5.56 Å². The van der Waals surface area contributed by atoms with Gasteiger partial charge in [0.15, 0.2) is 0 Å². The summed E-state index contributed by atoms with van der Waals surface area (Å²) >= 11 is 0. The number of fused-ring (bicyclic) bond motifs is 1. The van der Waals surface area contributed by atoms with E-state index in [0.717, 1.165) is 0 Å². The van der Waals surface area contributed by atoms with Crippen molar-refractivity contribution in [2.45, 2.75) is 25.7 Å². The summed E-state index contributed by atoms with van der Waals surface area (Å²) in [4.78, 5) is 11.5. The average Bonchev–Trinajstić information content (AvgIpc) is 2.35. The monoisotopic (exact) mass is 210 g/mol. The molecule has 80 valence electrons. The maximum atomic E-state index is 13.7. The van der Waals surface area contributed by atoms with E-state index in [1.54, 1.807) is 32.0 Å². The van der Waals surface area contributed by atoms with Gasteiger partial charge in [0, 0.05) is 5.56 Å². The molecule has 0 saturated heterocycles. The zero-order chi connectivity index (χ0) is 11.2. The molecule has 2 rings (SSSR count). The summed E-state index contributed by atoms with van der Waals surface area (Å²) in [6, 6.07) is 6.42. The Morgan fingerprint density at radius 3 is 2.47 bits per heavy atom. The first-order chi connectivity index (χ1) is 6.96. The molecular formula is C12H12F2O. The van der Waals surface area contributed by atoms with Crippen LogP contribution in [0.1, 0.15) is 35.7 Å². The minimum Gasteiger partial charge on any atom is -0.287 e. The Morgan fingerprint density at radius 1 is 1.27 bits per heavy atom. The Hall–Kier alpha value is -1.25. The Morgan fingerprint density at radius 2 is 1.87 bits per heavy atom. The number of rotatable bonds is 1. The molecule has 0 saturated carbocycles. The van der Waals surface area contributed by atoms with Gasteiger partial charge in [-0.1, -0.05) is 38.1 Å². The smallest absolute Gasteiger partial charge is 0.287 e. The lowest BCUT2D eigenvalue weighted by Gasteiger charge is -2.21. The third-order valence-corrected chi connectivity index (χ3v) is 2.90. The summed E-state index contributed by atoms with van der Waals surface area (Å²) in [5.41, 5.74) is 0.670. The molecule has 0 spiro atoms. The van der Waals surface area contributed by atoms with Gasteiger partial charge in [-0.15, -0.1) is 0 Å². The lowest BCUT2D eigenvalue weighted by Crippen LogP contribution is -2.31. The van der Waals surface area contributed by atoms with Crippen molar-refractivity contribution < 1.29 is 13.6 Å². The Bertz CT molecular complexity index is 410. The third kappa shape index (κ3) is 1.29. The molecule has 1 aliphatic rings. The molecule has 0 amide bonds. The van der Waals surface area contributed by atoms with Crippen LogP contribution in [0.15, 0.2) is 24.3 Å². The van der Waals surface area contributed by atoms with E-state index in [1.165, 1.54) is 6.07 Å². The second-order valence-electron chi connectivity index (χ2n) is 4.26. The molecule has 0 bridgehead atoms. The molecule has 0 heterocycles. The van der Waals surface area contributed by atoms with Crippen LogP contribution in [0.5, 0.6) is 0 Å². The van der Waals surface area contributed by atoms with E-state index in [-0.39, 0.29) is 11.5 Å². The molecule has 1 nitrogen and oxygen atoms in total. The number of Topliss-reactive ketones (excluding diaryl/α,β-unsaturated/α-hetero) is 1. The summed E-state index contributed by atoms with van der Waals surface area (Å²) in [5, 5.41) is 0. The molecule has 15 heavy (non-hydrogen) atoms. The highest BCUT2D eigenvalue weighted by atomic mass is 19.3. The quantitative estimate of drug-likeness (QED) is 0.695. The van der Waals surface area contributed by atoms with Gasteiger partial charge in [-0.2, -0.15) is 8.78 Å². The van der Waals surface area contributed by atoms with E-state index in [4.69, 9.17) is 0 Å². The highest BCUT2D eigenvalue weighted by Gasteiger charge is 2.55. The number of alkyl halides is 2. The second-order valence-corrected chi connectivity index (χ2v) is 4.26. The predicted octanol–water partition coefficient (Wildman–Crippen LogP) is 3.26. The van der Waals surface area contributed by atoms with Crippen LogP contribution in [0.2, 0.25) is 0 Å². The summed E-state index contributed by atoms with van der Waals surface area (Å²) < 4.78 is 27.4. The Labute approximate surface area is 87.1 Å². The number of hydrogen-bond acceptors (Lipinski definition) is 1. The van der Waals surface area contributed by atoms with E-state index < -0.39 is 17.6 Å². The van der Waals surface area contributed by atoms with Crippen molar-refractivity contribution in [3.05, 3.63) is 35.4 Å². The highest BCUT2D eigenvalue weighted by Crippen LogP contribution is 2.48. The van der Waals surface area contributed by atoms with Gasteiger partial charge in [0.25, 0.3) is 0 Å². The first kappa shape index (κ1) is 10.3. The number of benzene rings is 1. The van der Waals surface area contributed by atoms with Crippen molar-refractivity contribution in [1.82, 2.24) is 0 Å². The van der Waals surface area contributed by atoms with Gasteiger partial charge in [0.1, 0.15) is 0 Å². The minimum atomic E-state index is -3.24. The predicted molar refractivity (Wildman–Crippen MR) is 53.3 cm³/mol. The number of carbonyl (C=O) groups is 1. The lowest BCUT2D eigenvalue weighted by molar-refractivity contribution is -0.0110. The van der Waals surface area contributed by atoms with Gasteiger partial charge in [-0.25, -0.2) is 0 Å². The molecule has 0 aromatic heterocycles. The summed E-state index contributed by atoms with van der Waals surface area (Å²) in [6.45, 7) is 3.43. The van der Waals surface area contributed by atoms with Crippen molar-refractivity contribution >= 4 is 5.78 Å². The van der Waals surface area contributed by atoms with Crippen LogP contribution in [0, 0.1) is 5.92 Å². The molecule has 0 radical (unpaired) electrons. The maximum absolute atomic E-state index is 13.7. The van der Waals surface area contributed by atoms with E-state index in [1.807, 2.05) is 0 Å². The maximum Gasteiger partial charge on any atom is 0.316 e. The number of hydrogen-bond donors (Lipinski definition) is 0. The zero-order valence-corrected chi connectivity index (χ0v) is 8.63. The standard InChI is InChI=1S/C12H12F2O/c1-7(2)10-8-5-3-4-6-9(8)11(15)12(10,13)14/h3-7,10H,1-2H3. The van der Waals surface area contributed by atoms with Crippen LogP contribution < -0.4 is 0 Å². The summed E-state index contributed by atoms with van der Waals surface area (Å²) in [5.74, 6) is -5.48. The van der Waals surface area contributed by atoms with Gasteiger partial charge in [0.2, 0.25) is 5.78 Å². The molecule has 1 aromatic rings. The molecule has 1 aromatic carbocycles. The number of carbonyl (C=O) groups excluding carboxylic acids is 1. The Balaban J connectivity index is 2.62. The summed E-state index contributed by atoms with van der Waals surface area (Å²) in [7, 11) is 0. The summed E-state index contributed by atoms with van der Waals surface area (Å²) in [6.07, 6.45) is 0.